The number of nitriles is 1. The van der Waals surface area contributed by atoms with Crippen molar-refractivity contribution >= 4 is 5.84 Å². The van der Waals surface area contributed by atoms with E-state index in [9.17, 15) is 5.26 Å². The maximum atomic E-state index is 9.44. The lowest BCUT2D eigenvalue weighted by molar-refractivity contribution is 0.228. The molecule has 106 valence electrons. The van der Waals surface area contributed by atoms with Crippen molar-refractivity contribution in [3.8, 4) is 6.07 Å². The van der Waals surface area contributed by atoms with Gasteiger partial charge in [-0.1, -0.05) is 37.6 Å². The molecule has 3 nitrogen and oxygen atoms in total. The number of benzene rings is 1. The lowest BCUT2D eigenvalue weighted by Crippen LogP contribution is -2.25. The van der Waals surface area contributed by atoms with Crippen molar-refractivity contribution < 1.29 is 0 Å². The Kier molecular flexibility index (Phi) is 4.44. The topological polar surface area (TPSA) is 73.7 Å². The van der Waals surface area contributed by atoms with Crippen molar-refractivity contribution in [2.75, 3.05) is 0 Å². The van der Waals surface area contributed by atoms with Crippen LogP contribution in [0, 0.1) is 22.2 Å². The third-order valence-corrected chi connectivity index (χ3v) is 4.60. The molecule has 0 aromatic heterocycles. The molecule has 0 radical (unpaired) electrons. The Morgan fingerprint density at radius 2 is 1.95 bits per heavy atom. The summed E-state index contributed by atoms with van der Waals surface area (Å²) in [6.45, 7) is 2.16. The molecular weight excluding hydrogens is 246 g/mol. The summed E-state index contributed by atoms with van der Waals surface area (Å²) < 4.78 is 0. The Morgan fingerprint density at radius 3 is 2.40 bits per heavy atom. The molecule has 3 heteroatoms. The largest absolute Gasteiger partial charge is 0.384 e. The zero-order valence-corrected chi connectivity index (χ0v) is 12.2. The third-order valence-electron chi connectivity index (χ3n) is 4.60. The molecule has 0 atom stereocenters. The van der Waals surface area contributed by atoms with Gasteiger partial charge in [-0.25, -0.2) is 0 Å². The van der Waals surface area contributed by atoms with E-state index < -0.39 is 0 Å². The fraction of sp³-hybridized carbons (Fsp3) is 0.529. The summed E-state index contributed by atoms with van der Waals surface area (Å²) in [4.78, 5) is 0. The summed E-state index contributed by atoms with van der Waals surface area (Å²) in [7, 11) is 0. The second-order valence-corrected chi connectivity index (χ2v) is 5.95. The van der Waals surface area contributed by atoms with E-state index in [1.807, 2.05) is 12.1 Å². The summed E-state index contributed by atoms with van der Waals surface area (Å²) in [6, 6.07) is 10.6. The monoisotopic (exact) mass is 269 g/mol. The highest BCUT2D eigenvalue weighted by Gasteiger charge is 2.34. The van der Waals surface area contributed by atoms with Gasteiger partial charge < -0.3 is 5.73 Å². The number of hydrogen-bond acceptors (Lipinski definition) is 2. The molecule has 1 aliphatic carbocycles. The maximum Gasteiger partial charge on any atom is 0.122 e. The predicted octanol–water partition coefficient (Wildman–Crippen LogP) is 3.94. The summed E-state index contributed by atoms with van der Waals surface area (Å²) in [5.41, 5.74) is 7.49. The van der Waals surface area contributed by atoms with Crippen LogP contribution in [-0.2, 0) is 0 Å². The molecule has 0 aliphatic heterocycles. The predicted molar refractivity (Wildman–Crippen MR) is 81.6 cm³/mol. The molecule has 0 bridgehead atoms. The molecule has 0 spiro atoms. The SMILES string of the molecule is CCCC1(C#N)CCC(c2ccc(C(=N)N)cc2)CC1. The standard InChI is InChI=1S/C17H23N3/c1-2-9-17(12-18)10-7-14(8-11-17)13-3-5-15(6-4-13)16(19)20/h3-6,14H,2,7-11H2,1H3,(H3,19,20). The van der Waals surface area contributed by atoms with Crippen LogP contribution < -0.4 is 5.73 Å². The first-order chi connectivity index (χ1) is 9.60. The molecule has 2 rings (SSSR count). The highest BCUT2D eigenvalue weighted by Crippen LogP contribution is 2.45. The molecule has 3 N–H and O–H groups in total. The van der Waals surface area contributed by atoms with Gasteiger partial charge >= 0.3 is 0 Å². The van der Waals surface area contributed by atoms with Crippen LogP contribution in [0.5, 0.6) is 0 Å². The van der Waals surface area contributed by atoms with E-state index >= 15 is 0 Å². The molecule has 0 amide bonds. The van der Waals surface area contributed by atoms with E-state index in [2.05, 4.69) is 25.1 Å². The minimum atomic E-state index is -0.0788. The van der Waals surface area contributed by atoms with Crippen LogP contribution in [0.2, 0.25) is 0 Å². The fourth-order valence-corrected chi connectivity index (χ4v) is 3.33. The molecule has 1 aliphatic rings. The van der Waals surface area contributed by atoms with E-state index in [0.29, 0.717) is 5.92 Å². The Morgan fingerprint density at radius 1 is 1.35 bits per heavy atom. The van der Waals surface area contributed by atoms with Gasteiger partial charge in [-0.3, -0.25) is 5.41 Å². The van der Waals surface area contributed by atoms with Gasteiger partial charge in [0.15, 0.2) is 0 Å². The number of nitrogens with two attached hydrogens (primary N) is 1. The van der Waals surface area contributed by atoms with Crippen LogP contribution in [0.3, 0.4) is 0 Å². The van der Waals surface area contributed by atoms with Crippen LogP contribution in [0.1, 0.15) is 62.5 Å². The lowest BCUT2D eigenvalue weighted by Gasteiger charge is -2.35. The average molecular weight is 269 g/mol. The van der Waals surface area contributed by atoms with Crippen LogP contribution in [0.4, 0.5) is 0 Å². The normalized spacial score (nSPS) is 25.9. The van der Waals surface area contributed by atoms with Crippen LogP contribution in [-0.4, -0.2) is 5.84 Å². The highest BCUT2D eigenvalue weighted by atomic mass is 14.7. The van der Waals surface area contributed by atoms with Crippen LogP contribution in [0.25, 0.3) is 0 Å². The number of nitrogens with one attached hydrogen (secondary N) is 1. The Hall–Kier alpha value is -1.82. The zero-order valence-electron chi connectivity index (χ0n) is 12.2. The van der Waals surface area contributed by atoms with E-state index in [0.717, 1.165) is 44.1 Å². The second-order valence-electron chi connectivity index (χ2n) is 5.95. The Bertz CT molecular complexity index is 502. The molecule has 0 unspecified atom stereocenters. The number of nitrogen functional groups attached to an aromatic ring is 1. The minimum absolute atomic E-state index is 0.0788. The first-order valence-corrected chi connectivity index (χ1v) is 7.46. The van der Waals surface area contributed by atoms with Gasteiger partial charge in [0, 0.05) is 5.56 Å². The van der Waals surface area contributed by atoms with Gasteiger partial charge in [0.05, 0.1) is 11.5 Å². The molecular formula is C17H23N3. The van der Waals surface area contributed by atoms with Gasteiger partial charge in [0.1, 0.15) is 5.84 Å². The van der Waals surface area contributed by atoms with Crippen molar-refractivity contribution in [3.63, 3.8) is 0 Å². The van der Waals surface area contributed by atoms with Crippen molar-refractivity contribution in [2.45, 2.75) is 51.4 Å². The van der Waals surface area contributed by atoms with E-state index in [1.165, 1.54) is 5.56 Å². The van der Waals surface area contributed by atoms with Crippen LogP contribution >= 0.6 is 0 Å². The third kappa shape index (κ3) is 3.01. The summed E-state index contributed by atoms with van der Waals surface area (Å²) in [6.07, 6.45) is 6.32. The summed E-state index contributed by atoms with van der Waals surface area (Å²) in [5, 5.41) is 16.9. The highest BCUT2D eigenvalue weighted by molar-refractivity contribution is 5.94. The van der Waals surface area contributed by atoms with Crippen LogP contribution in [0.15, 0.2) is 24.3 Å². The first kappa shape index (κ1) is 14.6. The van der Waals surface area contributed by atoms with E-state index in [1.54, 1.807) is 0 Å². The Labute approximate surface area is 121 Å². The molecule has 1 aromatic carbocycles. The molecule has 1 saturated carbocycles. The number of nitrogens with zero attached hydrogens (tertiary/aromatic N) is 1. The average Bonchev–Trinajstić information content (AvgIpc) is 2.48. The molecule has 0 heterocycles. The van der Waals surface area contributed by atoms with Gasteiger partial charge in [-0.15, -0.1) is 0 Å². The maximum absolute atomic E-state index is 9.44. The van der Waals surface area contributed by atoms with Crippen molar-refractivity contribution in [1.29, 1.82) is 10.7 Å². The van der Waals surface area contributed by atoms with Gasteiger partial charge in [-0.05, 0) is 43.6 Å². The first-order valence-electron chi connectivity index (χ1n) is 7.46. The van der Waals surface area contributed by atoms with Crippen molar-refractivity contribution in [2.24, 2.45) is 11.1 Å². The number of rotatable bonds is 4. The fourth-order valence-electron chi connectivity index (χ4n) is 3.33. The molecule has 20 heavy (non-hydrogen) atoms. The van der Waals surface area contributed by atoms with E-state index in [4.69, 9.17) is 11.1 Å². The molecule has 1 fully saturated rings. The van der Waals surface area contributed by atoms with Gasteiger partial charge in [0.25, 0.3) is 0 Å². The lowest BCUT2D eigenvalue weighted by atomic mass is 9.68. The van der Waals surface area contributed by atoms with Gasteiger partial charge in [-0.2, -0.15) is 5.26 Å². The molecule has 1 aromatic rings. The quantitative estimate of drug-likeness (QED) is 0.641. The zero-order chi connectivity index (χ0) is 14.6. The van der Waals surface area contributed by atoms with Crippen molar-refractivity contribution in [3.05, 3.63) is 35.4 Å². The summed E-state index contributed by atoms with van der Waals surface area (Å²) >= 11 is 0. The number of hydrogen-bond donors (Lipinski definition) is 2. The minimum Gasteiger partial charge on any atom is -0.384 e. The van der Waals surface area contributed by atoms with Crippen molar-refractivity contribution in [1.82, 2.24) is 0 Å². The summed E-state index contributed by atoms with van der Waals surface area (Å²) in [5.74, 6) is 0.668. The van der Waals surface area contributed by atoms with Gasteiger partial charge in [0.2, 0.25) is 0 Å². The Balaban J connectivity index is 2.03. The number of amidine groups is 1. The second kappa shape index (κ2) is 6.09. The smallest absolute Gasteiger partial charge is 0.122 e. The molecule has 0 saturated heterocycles. The van der Waals surface area contributed by atoms with E-state index in [-0.39, 0.29) is 11.3 Å².